The van der Waals surface area contributed by atoms with Crippen molar-refractivity contribution in [1.82, 2.24) is 5.32 Å². The Hall–Kier alpha value is -1.91. The van der Waals surface area contributed by atoms with Crippen LogP contribution in [0.15, 0.2) is 69.5 Å². The van der Waals surface area contributed by atoms with E-state index in [1.165, 1.54) is 46.6 Å². The monoisotopic (exact) mass is 515 g/mol. The predicted molar refractivity (Wildman–Crippen MR) is 121 cm³/mol. The standard InChI is InChI=1S/C23H15F6NS3/c1-19-11-9-13(14-5-3-7-31-14)30-20(19,2)33-16(15-6-4-8-32-15)10-12(19)18-17(11)21(24,25)23(28,29)22(18,26)27/h3-10,30H,1-2H3/t19-,20-/m1/s1. The Kier molecular flexibility index (Phi) is 4.06. The van der Waals surface area contributed by atoms with Gasteiger partial charge in [-0.2, -0.15) is 26.3 Å². The Morgan fingerprint density at radius 2 is 1.30 bits per heavy atom. The van der Waals surface area contributed by atoms with Crippen LogP contribution in [0.25, 0.3) is 10.6 Å². The van der Waals surface area contributed by atoms with E-state index in [1.807, 2.05) is 5.38 Å². The predicted octanol–water partition coefficient (Wildman–Crippen LogP) is 7.79. The zero-order valence-electron chi connectivity index (χ0n) is 17.1. The van der Waals surface area contributed by atoms with Gasteiger partial charge in [0.1, 0.15) is 0 Å². The van der Waals surface area contributed by atoms with Crippen LogP contribution in [0.3, 0.4) is 0 Å². The maximum absolute atomic E-state index is 15.1. The van der Waals surface area contributed by atoms with E-state index in [-0.39, 0.29) is 11.1 Å². The van der Waals surface area contributed by atoms with Crippen molar-refractivity contribution >= 4 is 45.0 Å². The van der Waals surface area contributed by atoms with Crippen LogP contribution in [-0.4, -0.2) is 22.6 Å². The largest absolute Gasteiger partial charge is 0.380 e. The first-order valence-electron chi connectivity index (χ1n) is 9.99. The summed E-state index contributed by atoms with van der Waals surface area (Å²) in [7, 11) is 0. The molecule has 1 saturated carbocycles. The molecule has 0 bridgehead atoms. The number of allylic oxidation sites excluding steroid dienone is 4. The van der Waals surface area contributed by atoms with Gasteiger partial charge in [0.25, 0.3) is 0 Å². The van der Waals surface area contributed by atoms with Crippen molar-refractivity contribution in [3.05, 3.63) is 79.2 Å². The van der Waals surface area contributed by atoms with Gasteiger partial charge in [-0.1, -0.05) is 23.9 Å². The number of rotatable bonds is 2. The summed E-state index contributed by atoms with van der Waals surface area (Å²) in [6.45, 7) is 3.35. The van der Waals surface area contributed by atoms with Crippen molar-refractivity contribution in [1.29, 1.82) is 0 Å². The summed E-state index contributed by atoms with van der Waals surface area (Å²) in [6.07, 6.45) is 2.75. The van der Waals surface area contributed by atoms with Crippen LogP contribution in [0.2, 0.25) is 0 Å². The van der Waals surface area contributed by atoms with Crippen LogP contribution >= 0.6 is 34.4 Å². The molecular formula is C23H15F6NS3. The van der Waals surface area contributed by atoms with Crippen LogP contribution in [0.1, 0.15) is 23.6 Å². The summed E-state index contributed by atoms with van der Waals surface area (Å²) in [5.41, 5.74) is -3.74. The highest BCUT2D eigenvalue weighted by Crippen LogP contribution is 2.74. The van der Waals surface area contributed by atoms with E-state index in [0.717, 1.165) is 4.88 Å². The number of halogens is 6. The number of nitrogens with one attached hydrogen (secondary N) is 1. The fourth-order valence-corrected chi connectivity index (χ4v) is 8.17. The third-order valence-corrected chi connectivity index (χ3v) is 10.5. The van der Waals surface area contributed by atoms with Crippen molar-refractivity contribution in [2.24, 2.45) is 5.41 Å². The lowest BCUT2D eigenvalue weighted by Gasteiger charge is -2.53. The topological polar surface area (TPSA) is 12.0 Å². The molecule has 1 N–H and O–H groups in total. The van der Waals surface area contributed by atoms with E-state index in [1.54, 1.807) is 43.5 Å². The first kappa shape index (κ1) is 21.6. The number of hydrogen-bond donors (Lipinski definition) is 1. The molecule has 4 heterocycles. The molecular weight excluding hydrogens is 500 g/mol. The zero-order valence-corrected chi connectivity index (χ0v) is 19.6. The Morgan fingerprint density at radius 3 is 1.85 bits per heavy atom. The van der Waals surface area contributed by atoms with Gasteiger partial charge in [-0.25, -0.2) is 0 Å². The molecule has 2 aromatic heterocycles. The van der Waals surface area contributed by atoms with Crippen LogP contribution < -0.4 is 5.32 Å². The lowest BCUT2D eigenvalue weighted by Crippen LogP contribution is -2.57. The zero-order chi connectivity index (χ0) is 23.6. The molecule has 2 aliphatic heterocycles. The minimum atomic E-state index is -5.52. The Morgan fingerprint density at radius 1 is 0.758 bits per heavy atom. The van der Waals surface area contributed by atoms with Gasteiger partial charge >= 0.3 is 17.8 Å². The number of hydrogen-bond acceptors (Lipinski definition) is 4. The summed E-state index contributed by atoms with van der Waals surface area (Å²) in [6, 6.07) is 7.12. The smallest absolute Gasteiger partial charge is 0.368 e. The molecule has 1 nitrogen and oxygen atoms in total. The van der Waals surface area contributed by atoms with E-state index >= 15 is 17.6 Å². The first-order valence-corrected chi connectivity index (χ1v) is 12.6. The molecule has 172 valence electrons. The number of alkyl halides is 6. The maximum Gasteiger partial charge on any atom is 0.380 e. The van der Waals surface area contributed by atoms with Gasteiger partial charge in [0.15, 0.2) is 0 Å². The first-order chi connectivity index (χ1) is 15.4. The lowest BCUT2D eigenvalue weighted by molar-refractivity contribution is -0.258. The van der Waals surface area contributed by atoms with Gasteiger partial charge in [0.05, 0.1) is 20.9 Å². The third-order valence-electron chi connectivity index (χ3n) is 7.04. The number of fused-ring (bicyclic) bond motifs is 1. The van der Waals surface area contributed by atoms with Crippen molar-refractivity contribution in [2.75, 3.05) is 0 Å². The molecule has 2 atom stereocenters. The van der Waals surface area contributed by atoms with Gasteiger partial charge in [0, 0.05) is 20.9 Å². The molecule has 1 fully saturated rings. The quantitative estimate of drug-likeness (QED) is 0.410. The van der Waals surface area contributed by atoms with Gasteiger partial charge in [0.2, 0.25) is 0 Å². The molecule has 2 aromatic rings. The molecule has 0 unspecified atom stereocenters. The summed E-state index contributed by atoms with van der Waals surface area (Å²) in [5, 5.41) is 7.00. The molecule has 10 heteroatoms. The third kappa shape index (κ3) is 2.32. The van der Waals surface area contributed by atoms with E-state index in [9.17, 15) is 8.78 Å². The molecule has 0 aromatic carbocycles. The second-order valence-electron chi connectivity index (χ2n) is 8.71. The lowest BCUT2D eigenvalue weighted by atomic mass is 9.68. The SMILES string of the molecule is C[C@@]12C3=C4C(=C1C=C(c1cccs1)S[C@@]2(C)NC(c1cccs1)=C3)C(F)(F)C(F)(F)C4(F)F. The van der Waals surface area contributed by atoms with Crippen LogP contribution in [0.5, 0.6) is 0 Å². The van der Waals surface area contributed by atoms with Crippen molar-refractivity contribution in [2.45, 2.75) is 36.5 Å². The highest BCUT2D eigenvalue weighted by Gasteiger charge is 2.84. The van der Waals surface area contributed by atoms with Crippen LogP contribution in [0, 0.1) is 5.41 Å². The molecule has 4 aliphatic rings. The maximum atomic E-state index is 15.1. The second kappa shape index (κ2) is 6.20. The Bertz CT molecular complexity index is 1220. The summed E-state index contributed by atoms with van der Waals surface area (Å²) in [4.78, 5) is 0.947. The minimum absolute atomic E-state index is 0.173. The molecule has 6 rings (SSSR count). The Balaban J connectivity index is 1.73. The minimum Gasteiger partial charge on any atom is -0.368 e. The fourth-order valence-electron chi connectivity index (χ4n) is 5.20. The van der Waals surface area contributed by atoms with Gasteiger partial charge in [-0.15, -0.1) is 22.7 Å². The normalized spacial score (nSPS) is 32.8. The number of thiophene rings is 2. The average molecular weight is 516 g/mol. The Labute approximate surface area is 197 Å². The van der Waals surface area contributed by atoms with Crippen molar-refractivity contribution < 1.29 is 26.3 Å². The summed E-state index contributed by atoms with van der Waals surface area (Å²) < 4.78 is 89.6. The van der Waals surface area contributed by atoms with Gasteiger partial charge < -0.3 is 5.32 Å². The summed E-state index contributed by atoms with van der Waals surface area (Å²) in [5.74, 6) is -15.5. The average Bonchev–Trinajstić information content (AvgIpc) is 3.48. The number of thioether (sulfide) groups is 1. The van der Waals surface area contributed by atoms with E-state index in [0.29, 0.717) is 15.5 Å². The van der Waals surface area contributed by atoms with Crippen molar-refractivity contribution in [3.8, 4) is 0 Å². The molecule has 0 radical (unpaired) electrons. The highest BCUT2D eigenvalue weighted by molar-refractivity contribution is 8.09. The summed E-state index contributed by atoms with van der Waals surface area (Å²) >= 11 is 4.05. The van der Waals surface area contributed by atoms with Crippen molar-refractivity contribution in [3.63, 3.8) is 0 Å². The molecule has 0 spiro atoms. The second-order valence-corrected chi connectivity index (χ2v) is 12.1. The van der Waals surface area contributed by atoms with Gasteiger partial charge in [-0.05, 0) is 60.0 Å². The molecule has 2 aliphatic carbocycles. The molecule has 0 saturated heterocycles. The molecule has 33 heavy (non-hydrogen) atoms. The fraction of sp³-hybridized carbons (Fsp3) is 0.304. The van der Waals surface area contributed by atoms with Crippen LogP contribution in [-0.2, 0) is 0 Å². The van der Waals surface area contributed by atoms with E-state index < -0.39 is 39.2 Å². The van der Waals surface area contributed by atoms with Crippen LogP contribution in [0.4, 0.5) is 26.3 Å². The molecule has 0 amide bonds. The van der Waals surface area contributed by atoms with E-state index in [2.05, 4.69) is 5.32 Å². The van der Waals surface area contributed by atoms with E-state index in [4.69, 9.17) is 0 Å². The highest BCUT2D eigenvalue weighted by atomic mass is 32.2. The van der Waals surface area contributed by atoms with Gasteiger partial charge in [-0.3, -0.25) is 0 Å².